The zero-order chi connectivity index (χ0) is 9.02. The average Bonchev–Trinajstić information content (AvgIpc) is 1.85. The maximum Gasteiger partial charge on any atom is 0.268 e. The van der Waals surface area contributed by atoms with Crippen molar-refractivity contribution in [2.75, 3.05) is 6.67 Å². The lowest BCUT2D eigenvalue weighted by atomic mass is 10.2. The molecule has 0 amide bonds. The lowest BCUT2D eigenvalue weighted by molar-refractivity contribution is 0.105. The van der Waals surface area contributed by atoms with Crippen LogP contribution >= 0.6 is 0 Å². The molecule has 0 aliphatic carbocycles. The van der Waals surface area contributed by atoms with Gasteiger partial charge in [0.2, 0.25) is 0 Å². The molecule has 0 radical (unpaired) electrons. The second-order valence-electron chi connectivity index (χ2n) is 1.60. The van der Waals surface area contributed by atoms with E-state index in [1.807, 2.05) is 0 Å². The van der Waals surface area contributed by atoms with E-state index < -0.39 is 30.9 Å². The molecule has 0 spiro atoms. The summed E-state index contributed by atoms with van der Waals surface area (Å²) in [6.07, 6.45) is -7.29. The molecule has 0 bridgehead atoms. The zero-order valence-electron chi connectivity index (χ0n) is 5.13. The quantitative estimate of drug-likeness (QED) is 0.583. The van der Waals surface area contributed by atoms with Crippen LogP contribution < -0.4 is 0 Å². The first kappa shape index (κ1) is 10.3. The summed E-state index contributed by atoms with van der Waals surface area (Å²) in [7, 11) is 0. The summed E-state index contributed by atoms with van der Waals surface area (Å²) < 4.78 is 68.9. The van der Waals surface area contributed by atoms with Crippen molar-refractivity contribution in [2.24, 2.45) is 0 Å². The Morgan fingerprint density at radius 1 is 1.00 bits per heavy atom. The minimum absolute atomic E-state index is 1.93. The Bertz CT molecular complexity index is 139. The van der Waals surface area contributed by atoms with Gasteiger partial charge in [0.25, 0.3) is 12.9 Å². The van der Waals surface area contributed by atoms with Crippen LogP contribution in [-0.2, 0) is 0 Å². The number of halogens is 6. The molecular weight excluding hydrogens is 174 g/mol. The van der Waals surface area contributed by atoms with Crippen LogP contribution in [0.3, 0.4) is 0 Å². The lowest BCUT2D eigenvalue weighted by Gasteiger charge is -2.04. The molecule has 11 heavy (non-hydrogen) atoms. The first-order valence-electron chi connectivity index (χ1n) is 2.51. The van der Waals surface area contributed by atoms with E-state index in [1.165, 1.54) is 0 Å². The zero-order valence-corrected chi connectivity index (χ0v) is 5.13. The highest BCUT2D eigenvalue weighted by Gasteiger charge is 2.26. The Balaban J connectivity index is 4.58. The Hall–Kier alpha value is -0.680. The summed E-state index contributed by atoms with van der Waals surface area (Å²) >= 11 is 0. The second kappa shape index (κ2) is 4.25. The molecule has 0 fully saturated rings. The van der Waals surface area contributed by atoms with Crippen LogP contribution in [-0.4, -0.2) is 19.5 Å². The molecule has 0 aromatic rings. The molecule has 6 heteroatoms. The molecule has 66 valence electrons. The van der Waals surface area contributed by atoms with E-state index in [9.17, 15) is 26.3 Å². The maximum absolute atomic E-state index is 11.8. The molecule has 0 rings (SSSR count). The van der Waals surface area contributed by atoms with Gasteiger partial charge in [-0.1, -0.05) is 0 Å². The number of allylic oxidation sites excluding steroid dienone is 2. The van der Waals surface area contributed by atoms with Crippen molar-refractivity contribution < 1.29 is 26.3 Å². The summed E-state index contributed by atoms with van der Waals surface area (Å²) in [5.74, 6) is -2.09. The van der Waals surface area contributed by atoms with Gasteiger partial charge < -0.3 is 0 Å². The van der Waals surface area contributed by atoms with Gasteiger partial charge in [-0.3, -0.25) is 0 Å². The smallest absolute Gasteiger partial charge is 0.243 e. The molecule has 0 unspecified atom stereocenters. The SMILES string of the molecule is FCC(F)=C(C(F)F)C(F)F. The van der Waals surface area contributed by atoms with E-state index in [4.69, 9.17) is 0 Å². The summed E-state index contributed by atoms with van der Waals surface area (Å²) in [6, 6.07) is 0. The third-order valence-electron chi connectivity index (χ3n) is 0.901. The Morgan fingerprint density at radius 3 is 1.45 bits per heavy atom. The van der Waals surface area contributed by atoms with Gasteiger partial charge in [0.1, 0.15) is 12.5 Å². The summed E-state index contributed by atoms with van der Waals surface area (Å²) in [4.78, 5) is 0. The summed E-state index contributed by atoms with van der Waals surface area (Å²) in [5, 5.41) is 0. The molecule has 0 saturated carbocycles. The normalized spacial score (nSPS) is 10.9. The molecule has 0 aliphatic rings. The third kappa shape index (κ3) is 2.81. The van der Waals surface area contributed by atoms with E-state index in [0.717, 1.165) is 0 Å². The van der Waals surface area contributed by atoms with Crippen LogP contribution in [0.5, 0.6) is 0 Å². The van der Waals surface area contributed by atoms with Gasteiger partial charge in [-0.2, -0.15) is 0 Å². The van der Waals surface area contributed by atoms with Crippen LogP contribution in [0.25, 0.3) is 0 Å². The first-order chi connectivity index (χ1) is 5.00. The number of hydrogen-bond donors (Lipinski definition) is 0. The fourth-order valence-corrected chi connectivity index (χ4v) is 0.409. The van der Waals surface area contributed by atoms with Gasteiger partial charge in [-0.15, -0.1) is 0 Å². The van der Waals surface area contributed by atoms with E-state index >= 15 is 0 Å². The van der Waals surface area contributed by atoms with Crippen molar-refractivity contribution in [3.05, 3.63) is 11.4 Å². The first-order valence-corrected chi connectivity index (χ1v) is 2.51. The van der Waals surface area contributed by atoms with Gasteiger partial charge in [0, 0.05) is 0 Å². The van der Waals surface area contributed by atoms with E-state index in [-0.39, 0.29) is 0 Å². The minimum Gasteiger partial charge on any atom is -0.243 e. The Morgan fingerprint density at radius 2 is 1.36 bits per heavy atom. The highest BCUT2D eigenvalue weighted by molar-refractivity contribution is 5.13. The average molecular weight is 178 g/mol. The highest BCUT2D eigenvalue weighted by Crippen LogP contribution is 2.22. The molecular formula is C5H4F6. The fourth-order valence-electron chi connectivity index (χ4n) is 0.409. The standard InChI is InChI=1S/C5H4F6/c6-1-2(7)3(4(8)9)5(10)11/h4-5H,1H2. The number of alkyl halides is 5. The van der Waals surface area contributed by atoms with Gasteiger partial charge in [0.15, 0.2) is 0 Å². The van der Waals surface area contributed by atoms with Crippen LogP contribution in [0.1, 0.15) is 0 Å². The van der Waals surface area contributed by atoms with E-state index in [1.54, 1.807) is 0 Å². The molecule has 0 N–H and O–H groups in total. The van der Waals surface area contributed by atoms with Crippen LogP contribution in [0, 0.1) is 0 Å². The predicted molar refractivity (Wildman–Crippen MR) is 26.1 cm³/mol. The molecule has 0 saturated heterocycles. The van der Waals surface area contributed by atoms with Crippen molar-refractivity contribution in [1.82, 2.24) is 0 Å². The van der Waals surface area contributed by atoms with Gasteiger partial charge in [0.05, 0.1) is 5.57 Å². The van der Waals surface area contributed by atoms with Gasteiger partial charge in [-0.05, 0) is 0 Å². The van der Waals surface area contributed by atoms with Crippen LogP contribution in [0.15, 0.2) is 11.4 Å². The van der Waals surface area contributed by atoms with Crippen molar-refractivity contribution in [3.63, 3.8) is 0 Å². The monoisotopic (exact) mass is 178 g/mol. The van der Waals surface area contributed by atoms with E-state index in [0.29, 0.717) is 0 Å². The molecule has 0 aromatic carbocycles. The van der Waals surface area contributed by atoms with Crippen molar-refractivity contribution in [1.29, 1.82) is 0 Å². The molecule has 0 aromatic heterocycles. The largest absolute Gasteiger partial charge is 0.268 e. The molecule has 0 aliphatic heterocycles. The summed E-state index contributed by atoms with van der Waals surface area (Å²) in [5.41, 5.74) is -2.06. The number of hydrogen-bond acceptors (Lipinski definition) is 0. The maximum atomic E-state index is 11.8. The Kier molecular flexibility index (Phi) is 3.99. The minimum atomic E-state index is -3.65. The lowest BCUT2D eigenvalue weighted by Crippen LogP contribution is -2.09. The van der Waals surface area contributed by atoms with Crippen molar-refractivity contribution in [3.8, 4) is 0 Å². The van der Waals surface area contributed by atoms with E-state index in [2.05, 4.69) is 0 Å². The van der Waals surface area contributed by atoms with Crippen LogP contribution in [0.4, 0.5) is 26.3 Å². The summed E-state index contributed by atoms with van der Waals surface area (Å²) in [6.45, 7) is -1.93. The molecule has 0 nitrogen and oxygen atoms in total. The molecule has 0 atom stereocenters. The predicted octanol–water partition coefficient (Wildman–Crippen LogP) is 2.71. The third-order valence-corrected chi connectivity index (χ3v) is 0.901. The fraction of sp³-hybridized carbons (Fsp3) is 0.600. The highest BCUT2D eigenvalue weighted by atomic mass is 19.3. The second-order valence-corrected chi connectivity index (χ2v) is 1.60. The topological polar surface area (TPSA) is 0 Å². The van der Waals surface area contributed by atoms with Gasteiger partial charge >= 0.3 is 0 Å². The van der Waals surface area contributed by atoms with Crippen molar-refractivity contribution >= 4 is 0 Å². The number of rotatable bonds is 3. The van der Waals surface area contributed by atoms with Crippen LogP contribution in [0.2, 0.25) is 0 Å². The molecule has 0 heterocycles. The van der Waals surface area contributed by atoms with Crippen molar-refractivity contribution in [2.45, 2.75) is 12.9 Å². The van der Waals surface area contributed by atoms with Gasteiger partial charge in [-0.25, -0.2) is 26.3 Å². The Labute approximate surface area is 58.5 Å².